The number of thioether (sulfide) groups is 1. The third-order valence-corrected chi connectivity index (χ3v) is 9.33. The highest BCUT2D eigenvalue weighted by Gasteiger charge is 2.48. The number of anilines is 1. The second kappa shape index (κ2) is 11.1. The van der Waals surface area contributed by atoms with Crippen molar-refractivity contribution in [3.05, 3.63) is 106 Å². The molecule has 41 heavy (non-hydrogen) atoms. The smallest absolute Gasteiger partial charge is 0.301 e. The zero-order chi connectivity index (χ0) is 28.7. The lowest BCUT2D eigenvalue weighted by Crippen LogP contribution is -2.29. The fourth-order valence-electron chi connectivity index (χ4n) is 5.12. The standard InChI is InChI=1S/C31H26FN3O4S2/c1-3-18-8-10-19(11-9-18)26-25(27(36)20-12-13-24-22(15-20)14-17(2)39-24)28(37)29(38)35(26)30-33-34-31(41-30)40-16-21-6-4-5-7-23(21)32/h4-13,15,17,26,36H,3,14,16H2,1-2H3/b27-25+. The van der Waals surface area contributed by atoms with Crippen LogP contribution < -0.4 is 9.64 Å². The molecule has 0 radical (unpaired) electrons. The molecule has 0 spiro atoms. The molecule has 1 saturated heterocycles. The first-order chi connectivity index (χ1) is 19.8. The molecule has 10 heteroatoms. The van der Waals surface area contributed by atoms with Gasteiger partial charge in [-0.1, -0.05) is 72.5 Å². The van der Waals surface area contributed by atoms with E-state index in [9.17, 15) is 19.1 Å². The van der Waals surface area contributed by atoms with Crippen molar-refractivity contribution in [2.24, 2.45) is 0 Å². The summed E-state index contributed by atoms with van der Waals surface area (Å²) in [4.78, 5) is 28.3. The van der Waals surface area contributed by atoms with Gasteiger partial charge in [0.2, 0.25) is 5.13 Å². The summed E-state index contributed by atoms with van der Waals surface area (Å²) in [5.41, 5.74) is 3.65. The second-order valence-corrected chi connectivity index (χ2v) is 12.1. The summed E-state index contributed by atoms with van der Waals surface area (Å²) < 4.78 is 20.4. The molecule has 2 unspecified atom stereocenters. The van der Waals surface area contributed by atoms with Crippen LogP contribution in [0, 0.1) is 5.82 Å². The number of nitrogens with zero attached hydrogens (tertiary/aromatic N) is 3. The zero-order valence-corrected chi connectivity index (χ0v) is 24.0. The number of halogens is 1. The van der Waals surface area contributed by atoms with E-state index in [1.165, 1.54) is 22.7 Å². The van der Waals surface area contributed by atoms with Gasteiger partial charge in [0.25, 0.3) is 5.78 Å². The normalized spacial score (nSPS) is 19.4. The molecule has 1 fully saturated rings. The second-order valence-electron chi connectivity index (χ2n) is 9.95. The van der Waals surface area contributed by atoms with Gasteiger partial charge < -0.3 is 9.84 Å². The summed E-state index contributed by atoms with van der Waals surface area (Å²) in [6.45, 7) is 4.01. The topological polar surface area (TPSA) is 92.6 Å². The van der Waals surface area contributed by atoms with Crippen LogP contribution in [0.5, 0.6) is 5.75 Å². The third-order valence-electron chi connectivity index (χ3n) is 7.23. The van der Waals surface area contributed by atoms with Crippen LogP contribution in [0.2, 0.25) is 0 Å². The van der Waals surface area contributed by atoms with Gasteiger partial charge in [0.05, 0.1) is 11.6 Å². The molecule has 3 heterocycles. The van der Waals surface area contributed by atoms with Crippen molar-refractivity contribution in [3.63, 3.8) is 0 Å². The van der Waals surface area contributed by atoms with Gasteiger partial charge in [-0.2, -0.15) is 0 Å². The quantitative estimate of drug-likeness (QED) is 0.0870. The number of ketones is 1. The molecule has 208 valence electrons. The Kier molecular flexibility index (Phi) is 7.35. The van der Waals surface area contributed by atoms with Crippen molar-refractivity contribution in [1.82, 2.24) is 10.2 Å². The van der Waals surface area contributed by atoms with E-state index < -0.39 is 17.7 Å². The molecular weight excluding hydrogens is 561 g/mol. The number of fused-ring (bicyclic) bond motifs is 1. The monoisotopic (exact) mass is 587 g/mol. The average Bonchev–Trinajstić information content (AvgIpc) is 3.67. The van der Waals surface area contributed by atoms with Crippen LogP contribution in [-0.2, 0) is 28.2 Å². The molecule has 1 amide bonds. The number of aliphatic hydroxyl groups is 1. The Balaban J connectivity index is 1.39. The van der Waals surface area contributed by atoms with Gasteiger partial charge in [0.1, 0.15) is 23.4 Å². The Morgan fingerprint density at radius 1 is 1.12 bits per heavy atom. The van der Waals surface area contributed by atoms with Gasteiger partial charge in [-0.05, 0) is 59.9 Å². The van der Waals surface area contributed by atoms with E-state index in [1.54, 1.807) is 36.4 Å². The molecule has 4 aromatic rings. The minimum absolute atomic E-state index is 0.0121. The van der Waals surface area contributed by atoms with Crippen LogP contribution in [0.1, 0.15) is 47.7 Å². The highest BCUT2D eigenvalue weighted by molar-refractivity contribution is 8.00. The predicted octanol–water partition coefficient (Wildman–Crippen LogP) is 6.48. The minimum Gasteiger partial charge on any atom is -0.507 e. The maximum absolute atomic E-state index is 14.1. The minimum atomic E-state index is -0.901. The van der Waals surface area contributed by atoms with Crippen molar-refractivity contribution >= 4 is 45.7 Å². The van der Waals surface area contributed by atoms with Gasteiger partial charge in [-0.3, -0.25) is 14.5 Å². The van der Waals surface area contributed by atoms with E-state index in [1.807, 2.05) is 38.1 Å². The maximum Gasteiger partial charge on any atom is 0.301 e. The Labute approximate surface area is 244 Å². The molecular formula is C31H26FN3O4S2. The van der Waals surface area contributed by atoms with E-state index in [2.05, 4.69) is 10.2 Å². The third kappa shape index (κ3) is 5.13. The lowest BCUT2D eigenvalue weighted by atomic mass is 9.94. The molecule has 2 aliphatic heterocycles. The van der Waals surface area contributed by atoms with Crippen LogP contribution in [0.25, 0.3) is 5.76 Å². The number of amides is 1. The molecule has 7 nitrogen and oxygen atoms in total. The Morgan fingerprint density at radius 3 is 2.66 bits per heavy atom. The number of carbonyl (C=O) groups excluding carboxylic acids is 2. The van der Waals surface area contributed by atoms with Crippen LogP contribution in [0.4, 0.5) is 9.52 Å². The first-order valence-corrected chi connectivity index (χ1v) is 15.0. The summed E-state index contributed by atoms with van der Waals surface area (Å²) in [5.74, 6) is -1.07. The number of ether oxygens (including phenoxy) is 1. The number of rotatable bonds is 7. The number of hydrogen-bond donors (Lipinski definition) is 1. The predicted molar refractivity (Wildman–Crippen MR) is 157 cm³/mol. The summed E-state index contributed by atoms with van der Waals surface area (Å²) in [6, 6.07) is 18.5. The molecule has 0 saturated carbocycles. The van der Waals surface area contributed by atoms with Crippen molar-refractivity contribution in [2.75, 3.05) is 4.90 Å². The Morgan fingerprint density at radius 2 is 1.90 bits per heavy atom. The summed E-state index contributed by atoms with van der Waals surface area (Å²) in [5, 5.41) is 20.2. The fraction of sp³-hybridized carbons (Fsp3) is 0.226. The maximum atomic E-state index is 14.1. The van der Waals surface area contributed by atoms with E-state index >= 15 is 0 Å². The molecule has 1 aromatic heterocycles. The summed E-state index contributed by atoms with van der Waals surface area (Å²) >= 11 is 2.44. The number of benzene rings is 3. The van der Waals surface area contributed by atoms with Crippen LogP contribution in [0.15, 0.2) is 76.6 Å². The number of aryl methyl sites for hydroxylation is 1. The van der Waals surface area contributed by atoms with Crippen molar-refractivity contribution < 1.29 is 23.8 Å². The number of hydrogen-bond acceptors (Lipinski definition) is 8. The Bertz CT molecular complexity index is 1680. The number of carbonyl (C=O) groups is 2. The van der Waals surface area contributed by atoms with Gasteiger partial charge >= 0.3 is 5.91 Å². The molecule has 3 aromatic carbocycles. The van der Waals surface area contributed by atoms with Gasteiger partial charge in [0, 0.05) is 17.7 Å². The average molecular weight is 588 g/mol. The van der Waals surface area contributed by atoms with Crippen molar-refractivity contribution in [1.29, 1.82) is 0 Å². The molecule has 6 rings (SSSR count). The summed E-state index contributed by atoms with van der Waals surface area (Å²) in [6.07, 6.45) is 1.53. The molecule has 0 aliphatic carbocycles. The van der Waals surface area contributed by atoms with E-state index in [0.29, 0.717) is 33.2 Å². The number of Topliss-reactive ketones (excluding diaryl/α,β-unsaturated/α-hetero) is 1. The van der Waals surface area contributed by atoms with E-state index in [-0.39, 0.29) is 28.4 Å². The number of aliphatic hydroxyl groups excluding tert-OH is 1. The van der Waals surface area contributed by atoms with Crippen LogP contribution in [0.3, 0.4) is 0 Å². The first kappa shape index (κ1) is 27.2. The largest absolute Gasteiger partial charge is 0.507 e. The van der Waals surface area contributed by atoms with Gasteiger partial charge in [-0.25, -0.2) is 4.39 Å². The molecule has 2 atom stereocenters. The lowest BCUT2D eigenvalue weighted by molar-refractivity contribution is -0.132. The van der Waals surface area contributed by atoms with Gasteiger partial charge in [-0.15, -0.1) is 10.2 Å². The fourth-order valence-corrected chi connectivity index (χ4v) is 6.97. The highest BCUT2D eigenvalue weighted by atomic mass is 32.2. The SMILES string of the molecule is CCc1ccc(C2/C(=C(\O)c3ccc4c(c3)CC(C)O4)C(=O)C(=O)N2c2nnc(SCc3ccccc3F)s2)cc1. The van der Waals surface area contributed by atoms with Gasteiger partial charge in [0.15, 0.2) is 4.34 Å². The number of aromatic nitrogens is 2. The van der Waals surface area contributed by atoms with Crippen LogP contribution in [-0.4, -0.2) is 33.1 Å². The van der Waals surface area contributed by atoms with Crippen molar-refractivity contribution in [2.45, 2.75) is 48.9 Å². The zero-order valence-electron chi connectivity index (χ0n) is 22.3. The van der Waals surface area contributed by atoms with E-state index in [4.69, 9.17) is 4.74 Å². The molecule has 1 N–H and O–H groups in total. The van der Waals surface area contributed by atoms with Crippen molar-refractivity contribution in [3.8, 4) is 5.75 Å². The lowest BCUT2D eigenvalue weighted by Gasteiger charge is -2.22. The molecule has 0 bridgehead atoms. The first-order valence-electron chi connectivity index (χ1n) is 13.2. The Hall–Kier alpha value is -4.02. The molecule has 2 aliphatic rings. The highest BCUT2D eigenvalue weighted by Crippen LogP contribution is 2.44. The van der Waals surface area contributed by atoms with Crippen LogP contribution >= 0.6 is 23.1 Å². The van der Waals surface area contributed by atoms with E-state index in [0.717, 1.165) is 34.6 Å². The summed E-state index contributed by atoms with van der Waals surface area (Å²) in [7, 11) is 0.